The molecule has 1 N–H and O–H groups in total. The Labute approximate surface area is 173 Å². The third-order valence-electron chi connectivity index (χ3n) is 6.59. The molecule has 6 heteroatoms. The second-order valence-corrected chi connectivity index (χ2v) is 9.83. The molecule has 3 aliphatic heterocycles. The Balaban J connectivity index is 1.22. The molecule has 0 aromatic heterocycles. The van der Waals surface area contributed by atoms with Crippen molar-refractivity contribution in [3.8, 4) is 6.07 Å². The number of piperidine rings is 1. The topological polar surface area (TPSA) is 71.9 Å². The smallest absolute Gasteiger partial charge is 0.152 e. The number of likely N-dealkylation sites (tertiary alicyclic amines) is 2. The van der Waals surface area contributed by atoms with Gasteiger partial charge in [0.2, 0.25) is 0 Å². The summed E-state index contributed by atoms with van der Waals surface area (Å²) in [7, 11) is 0. The summed E-state index contributed by atoms with van der Waals surface area (Å²) in [6, 6.07) is 9.74. The predicted octanol–water partition coefficient (Wildman–Crippen LogP) is 2.36. The van der Waals surface area contributed by atoms with Crippen LogP contribution in [-0.4, -0.2) is 73.1 Å². The number of anilines is 1. The van der Waals surface area contributed by atoms with Gasteiger partial charge in [0.1, 0.15) is 11.7 Å². The van der Waals surface area contributed by atoms with Crippen molar-refractivity contribution in [2.45, 2.75) is 38.9 Å². The minimum atomic E-state index is -0.275. The summed E-state index contributed by atoms with van der Waals surface area (Å²) >= 11 is 0. The Morgan fingerprint density at radius 1 is 1.24 bits per heavy atom. The molecule has 3 atom stereocenters. The van der Waals surface area contributed by atoms with E-state index in [2.05, 4.69) is 21.2 Å². The summed E-state index contributed by atoms with van der Waals surface area (Å²) in [4.78, 5) is 17.3. The van der Waals surface area contributed by atoms with Crippen LogP contribution in [0.5, 0.6) is 0 Å². The van der Waals surface area contributed by atoms with Gasteiger partial charge in [-0.25, -0.2) is 0 Å². The largest absolute Gasteiger partial charge is 0.385 e. The van der Waals surface area contributed by atoms with Gasteiger partial charge in [-0.1, -0.05) is 20.8 Å². The van der Waals surface area contributed by atoms with Crippen LogP contribution in [0.3, 0.4) is 0 Å². The van der Waals surface area contributed by atoms with E-state index in [9.17, 15) is 4.79 Å². The van der Waals surface area contributed by atoms with Crippen molar-refractivity contribution in [2.24, 2.45) is 11.3 Å². The summed E-state index contributed by atoms with van der Waals surface area (Å²) in [5, 5.41) is 12.3. The van der Waals surface area contributed by atoms with Gasteiger partial charge in [0, 0.05) is 49.7 Å². The van der Waals surface area contributed by atoms with Crippen molar-refractivity contribution in [3.05, 3.63) is 29.8 Å². The van der Waals surface area contributed by atoms with Crippen LogP contribution in [0.2, 0.25) is 0 Å². The van der Waals surface area contributed by atoms with E-state index in [1.165, 1.54) is 0 Å². The Morgan fingerprint density at radius 3 is 2.66 bits per heavy atom. The third-order valence-corrected chi connectivity index (χ3v) is 6.59. The highest BCUT2D eigenvalue weighted by molar-refractivity contribution is 5.85. The Bertz CT molecular complexity index is 795. The van der Waals surface area contributed by atoms with Gasteiger partial charge in [-0.3, -0.25) is 9.69 Å². The zero-order valence-electron chi connectivity index (χ0n) is 17.8. The number of ether oxygens (including phenoxy) is 1. The Kier molecular flexibility index (Phi) is 5.41. The summed E-state index contributed by atoms with van der Waals surface area (Å²) in [6.45, 7) is 12.5. The van der Waals surface area contributed by atoms with E-state index in [4.69, 9.17) is 10.00 Å². The van der Waals surface area contributed by atoms with Gasteiger partial charge in [0.05, 0.1) is 18.2 Å². The number of nitrogens with zero attached hydrogens (tertiary/aromatic N) is 3. The predicted molar refractivity (Wildman–Crippen MR) is 113 cm³/mol. The van der Waals surface area contributed by atoms with Crippen LogP contribution in [0, 0.1) is 22.7 Å². The summed E-state index contributed by atoms with van der Waals surface area (Å²) in [5.41, 5.74) is 1.49. The molecular formula is C23H32N4O2. The first-order valence-corrected chi connectivity index (χ1v) is 10.7. The maximum Gasteiger partial charge on any atom is 0.152 e. The number of nitrogens with one attached hydrogen (secondary N) is 1. The molecule has 1 aromatic rings. The molecule has 0 aliphatic carbocycles. The van der Waals surface area contributed by atoms with Gasteiger partial charge in [0.15, 0.2) is 5.78 Å². The lowest BCUT2D eigenvalue weighted by Gasteiger charge is -2.31. The van der Waals surface area contributed by atoms with Gasteiger partial charge >= 0.3 is 0 Å². The maximum atomic E-state index is 12.4. The SMILES string of the molecule is CC(C)(C)C(=O)CN1CC2CN(CCCNc3ccc(C#N)cc3)CC3OC23C1. The molecule has 0 radical (unpaired) electrons. The number of carbonyl (C=O) groups is 1. The zero-order chi connectivity index (χ0) is 20.6. The maximum absolute atomic E-state index is 12.4. The number of hydrogen-bond donors (Lipinski definition) is 1. The summed E-state index contributed by atoms with van der Waals surface area (Å²) in [5.74, 6) is 0.830. The first kappa shape index (κ1) is 20.3. The van der Waals surface area contributed by atoms with Crippen molar-refractivity contribution in [3.63, 3.8) is 0 Å². The molecule has 0 bridgehead atoms. The molecule has 6 nitrogen and oxygen atoms in total. The number of epoxide rings is 1. The monoisotopic (exact) mass is 396 g/mol. The molecule has 29 heavy (non-hydrogen) atoms. The summed E-state index contributed by atoms with van der Waals surface area (Å²) < 4.78 is 6.18. The number of hydrogen-bond acceptors (Lipinski definition) is 6. The van der Waals surface area contributed by atoms with Crippen molar-refractivity contribution >= 4 is 11.5 Å². The van der Waals surface area contributed by atoms with Crippen LogP contribution < -0.4 is 5.32 Å². The van der Waals surface area contributed by atoms with E-state index in [1.54, 1.807) is 0 Å². The highest BCUT2D eigenvalue weighted by Gasteiger charge is 2.67. The van der Waals surface area contributed by atoms with E-state index < -0.39 is 0 Å². The van der Waals surface area contributed by atoms with Crippen molar-refractivity contribution in [2.75, 3.05) is 51.1 Å². The lowest BCUT2D eigenvalue weighted by Crippen LogP contribution is -2.46. The fourth-order valence-corrected chi connectivity index (χ4v) is 4.70. The molecule has 0 amide bonds. The number of benzene rings is 1. The van der Waals surface area contributed by atoms with Crippen LogP contribution in [0.1, 0.15) is 32.8 Å². The molecule has 4 rings (SSSR count). The van der Waals surface area contributed by atoms with Crippen LogP contribution in [0.4, 0.5) is 5.69 Å². The number of Topliss-reactive ketones (excluding diaryl/α,β-unsaturated/α-hetero) is 1. The summed E-state index contributed by atoms with van der Waals surface area (Å²) in [6.07, 6.45) is 1.40. The van der Waals surface area contributed by atoms with Crippen molar-refractivity contribution in [1.29, 1.82) is 5.26 Å². The molecule has 0 saturated carbocycles. The van der Waals surface area contributed by atoms with E-state index >= 15 is 0 Å². The average molecular weight is 397 g/mol. The molecule has 3 heterocycles. The van der Waals surface area contributed by atoms with Crippen molar-refractivity contribution in [1.82, 2.24) is 9.80 Å². The normalized spacial score (nSPS) is 29.0. The Morgan fingerprint density at radius 2 is 1.97 bits per heavy atom. The third kappa shape index (κ3) is 4.32. The number of ketones is 1. The highest BCUT2D eigenvalue weighted by atomic mass is 16.6. The van der Waals surface area contributed by atoms with Gasteiger partial charge < -0.3 is 15.0 Å². The fourth-order valence-electron chi connectivity index (χ4n) is 4.70. The lowest BCUT2D eigenvalue weighted by atomic mass is 9.88. The second-order valence-electron chi connectivity index (χ2n) is 9.83. The molecule has 3 aliphatic rings. The first-order chi connectivity index (χ1) is 13.8. The Hall–Kier alpha value is -1.94. The molecular weight excluding hydrogens is 364 g/mol. The fraction of sp³-hybridized carbons (Fsp3) is 0.652. The van der Waals surface area contributed by atoms with Crippen LogP contribution in [0.25, 0.3) is 0 Å². The molecule has 156 valence electrons. The number of nitriles is 1. The number of rotatable bonds is 7. The van der Waals surface area contributed by atoms with Gasteiger partial charge in [0.25, 0.3) is 0 Å². The molecule has 1 aromatic carbocycles. The van der Waals surface area contributed by atoms with E-state index in [1.807, 2.05) is 45.0 Å². The minimum Gasteiger partial charge on any atom is -0.385 e. The van der Waals surface area contributed by atoms with Gasteiger partial charge in [-0.05, 0) is 37.2 Å². The van der Waals surface area contributed by atoms with E-state index in [0.717, 1.165) is 51.4 Å². The van der Waals surface area contributed by atoms with Crippen LogP contribution >= 0.6 is 0 Å². The average Bonchev–Trinajstić information content (AvgIpc) is 3.27. The zero-order valence-corrected chi connectivity index (χ0v) is 17.8. The number of carbonyl (C=O) groups excluding carboxylic acids is 1. The molecule has 1 spiro atoms. The van der Waals surface area contributed by atoms with E-state index in [0.29, 0.717) is 29.9 Å². The first-order valence-electron chi connectivity index (χ1n) is 10.7. The molecule has 3 unspecified atom stereocenters. The molecule has 3 fully saturated rings. The lowest BCUT2D eigenvalue weighted by molar-refractivity contribution is -0.127. The standard InChI is InChI=1S/C23H32N4O2/c1-22(2,3)20(28)14-27-13-18-12-26(15-21-23(18,16-27)29-21)10-4-9-25-19-7-5-17(11-24)6-8-19/h5-8,18,21,25H,4,9-10,12-16H2,1-3H3. The van der Waals surface area contributed by atoms with Crippen LogP contribution in [0.15, 0.2) is 24.3 Å². The second kappa shape index (κ2) is 7.71. The van der Waals surface area contributed by atoms with Gasteiger partial charge in [-0.15, -0.1) is 0 Å². The van der Waals surface area contributed by atoms with E-state index in [-0.39, 0.29) is 11.0 Å². The van der Waals surface area contributed by atoms with Crippen LogP contribution in [-0.2, 0) is 9.53 Å². The quantitative estimate of drug-likeness (QED) is 0.564. The van der Waals surface area contributed by atoms with Crippen molar-refractivity contribution < 1.29 is 9.53 Å². The molecule has 3 saturated heterocycles. The minimum absolute atomic E-state index is 0.0232. The highest BCUT2D eigenvalue weighted by Crippen LogP contribution is 2.51. The van der Waals surface area contributed by atoms with Gasteiger partial charge in [-0.2, -0.15) is 5.26 Å².